The summed E-state index contributed by atoms with van der Waals surface area (Å²) < 4.78 is 53.1. The number of rotatable bonds is 3. The van der Waals surface area contributed by atoms with Crippen LogP contribution >= 0.6 is 0 Å². The highest BCUT2D eigenvalue weighted by Gasteiger charge is 2.41. The topological polar surface area (TPSA) is 88.6 Å². The van der Waals surface area contributed by atoms with Crippen molar-refractivity contribution in [2.24, 2.45) is 10.9 Å². The van der Waals surface area contributed by atoms with Gasteiger partial charge in [-0.15, -0.1) is 0 Å². The van der Waals surface area contributed by atoms with Crippen molar-refractivity contribution in [3.63, 3.8) is 0 Å². The molecule has 0 spiro atoms. The van der Waals surface area contributed by atoms with Crippen molar-refractivity contribution in [2.75, 3.05) is 0 Å². The number of alkyl halides is 4. The summed E-state index contributed by atoms with van der Waals surface area (Å²) in [7, 11) is 0. The smallest absolute Gasteiger partial charge is 0.278 e. The van der Waals surface area contributed by atoms with Crippen LogP contribution in [0.15, 0.2) is 40.7 Å². The van der Waals surface area contributed by atoms with Gasteiger partial charge in [-0.1, -0.05) is 6.07 Å². The van der Waals surface area contributed by atoms with Crippen LogP contribution < -0.4 is 0 Å². The van der Waals surface area contributed by atoms with Gasteiger partial charge in [-0.3, -0.25) is 5.10 Å². The number of nitrogens with zero attached hydrogens (tertiary/aromatic N) is 4. The molecule has 1 aliphatic heterocycles. The van der Waals surface area contributed by atoms with Gasteiger partial charge in [-0.2, -0.15) is 15.6 Å². The fraction of sp³-hybridized carbons (Fsp3) is 0.250. The first-order valence-electron chi connectivity index (χ1n) is 7.09. The average Bonchev–Trinajstić information content (AvgIpc) is 3.06. The van der Waals surface area contributed by atoms with Gasteiger partial charge in [0.05, 0.1) is 29.4 Å². The minimum Gasteiger partial charge on any atom is -0.278 e. The van der Waals surface area contributed by atoms with E-state index in [0.717, 1.165) is 0 Å². The number of fused-ring (bicyclic) bond motifs is 1. The van der Waals surface area contributed by atoms with E-state index in [1.165, 1.54) is 18.3 Å². The number of hydrogen-bond acceptors (Lipinski definition) is 4. The second kappa shape index (κ2) is 6.36. The Hall–Kier alpha value is -3.20. The molecule has 0 bridgehead atoms. The Morgan fingerprint density at radius 3 is 2.48 bits per heavy atom. The van der Waals surface area contributed by atoms with Crippen LogP contribution in [0.5, 0.6) is 0 Å². The number of halogens is 4. The molecule has 1 aromatic carbocycles. The lowest BCUT2D eigenvalue weighted by Gasteiger charge is -2.28. The normalized spacial score (nSPS) is 20.7. The summed E-state index contributed by atoms with van der Waals surface area (Å²) in [6.07, 6.45) is -4.92. The molecule has 0 saturated carbocycles. The van der Waals surface area contributed by atoms with Crippen LogP contribution in [0, 0.1) is 28.6 Å². The SMILES string of the molecule is N#CC1=C(C(F)F)N=C(C(F)F)C(C#N)C1c1ccc2[nH]ncc2c1. The standard InChI is InChI=1S/C16H9F4N5/c17-15(18)13-9(4-21)12(10(5-22)14(24-13)16(19)20)7-1-2-11-8(3-7)6-23-25-11/h1-3,6,9,12,15-16H,(H,23,25). The van der Waals surface area contributed by atoms with E-state index in [2.05, 4.69) is 15.2 Å². The number of H-pyrrole nitrogens is 1. The Balaban J connectivity index is 2.25. The Bertz CT molecular complexity index is 961. The van der Waals surface area contributed by atoms with Crippen LogP contribution in [0.1, 0.15) is 11.5 Å². The molecular formula is C16H9F4N5. The van der Waals surface area contributed by atoms with E-state index in [1.54, 1.807) is 18.2 Å². The number of aromatic nitrogens is 2. The fourth-order valence-corrected chi connectivity index (χ4v) is 2.90. The van der Waals surface area contributed by atoms with Crippen LogP contribution in [-0.2, 0) is 0 Å². The maximum atomic E-state index is 13.3. The van der Waals surface area contributed by atoms with Gasteiger partial charge in [0.25, 0.3) is 12.9 Å². The first kappa shape index (κ1) is 16.7. The molecule has 5 nitrogen and oxygen atoms in total. The predicted octanol–water partition coefficient (Wildman–Crippen LogP) is 3.55. The average molecular weight is 347 g/mol. The van der Waals surface area contributed by atoms with Gasteiger partial charge in [-0.05, 0) is 17.7 Å². The fourth-order valence-electron chi connectivity index (χ4n) is 2.90. The summed E-state index contributed by atoms with van der Waals surface area (Å²) in [5, 5.41) is 25.8. The minimum absolute atomic E-state index is 0.295. The lowest BCUT2D eigenvalue weighted by Crippen LogP contribution is -2.32. The monoisotopic (exact) mass is 347 g/mol. The molecule has 1 aromatic heterocycles. The molecule has 2 aromatic rings. The van der Waals surface area contributed by atoms with Crippen LogP contribution in [0.4, 0.5) is 17.6 Å². The second-order valence-electron chi connectivity index (χ2n) is 5.35. The molecule has 9 heteroatoms. The lowest BCUT2D eigenvalue weighted by molar-refractivity contribution is 0.182. The third-order valence-electron chi connectivity index (χ3n) is 4.00. The molecule has 3 rings (SSSR count). The van der Waals surface area contributed by atoms with Crippen molar-refractivity contribution in [1.29, 1.82) is 10.5 Å². The number of nitrogens with one attached hydrogen (secondary N) is 1. The summed E-state index contributed by atoms with van der Waals surface area (Å²) in [6.45, 7) is 0. The summed E-state index contributed by atoms with van der Waals surface area (Å²) >= 11 is 0. The quantitative estimate of drug-likeness (QED) is 0.861. The van der Waals surface area contributed by atoms with Crippen LogP contribution in [0.2, 0.25) is 0 Å². The first-order valence-corrected chi connectivity index (χ1v) is 7.09. The molecule has 0 aliphatic carbocycles. The van der Waals surface area contributed by atoms with Crippen LogP contribution in [0.25, 0.3) is 10.9 Å². The molecule has 0 saturated heterocycles. The number of benzene rings is 1. The Kier molecular flexibility index (Phi) is 4.24. The number of aliphatic imine (C=N–C) groups is 1. The van der Waals surface area contributed by atoms with Crippen molar-refractivity contribution in [3.05, 3.63) is 41.2 Å². The van der Waals surface area contributed by atoms with E-state index in [4.69, 9.17) is 0 Å². The Morgan fingerprint density at radius 2 is 1.88 bits per heavy atom. The predicted molar refractivity (Wildman–Crippen MR) is 80.0 cm³/mol. The zero-order valence-electron chi connectivity index (χ0n) is 12.4. The van der Waals surface area contributed by atoms with Gasteiger partial charge >= 0.3 is 0 Å². The summed E-state index contributed by atoms with van der Waals surface area (Å²) in [5.74, 6) is -2.76. The summed E-state index contributed by atoms with van der Waals surface area (Å²) in [5.41, 5.74) is -1.50. The Morgan fingerprint density at radius 1 is 1.12 bits per heavy atom. The number of nitriles is 2. The number of hydrogen-bond donors (Lipinski definition) is 1. The zero-order chi connectivity index (χ0) is 18.1. The summed E-state index contributed by atoms with van der Waals surface area (Å²) in [6, 6.07) is 7.91. The lowest BCUT2D eigenvalue weighted by atomic mass is 9.76. The molecule has 0 fully saturated rings. The van der Waals surface area contributed by atoms with Crippen LogP contribution in [-0.4, -0.2) is 28.8 Å². The molecule has 1 aliphatic rings. The van der Waals surface area contributed by atoms with E-state index < -0.39 is 41.7 Å². The van der Waals surface area contributed by atoms with Gasteiger partial charge in [-0.25, -0.2) is 22.6 Å². The largest absolute Gasteiger partial charge is 0.281 e. The molecular weight excluding hydrogens is 338 g/mol. The molecule has 0 amide bonds. The second-order valence-corrected chi connectivity index (χ2v) is 5.35. The van der Waals surface area contributed by atoms with Gasteiger partial charge in [0.1, 0.15) is 17.3 Å². The Labute approximate surface area is 138 Å². The number of aromatic amines is 1. The van der Waals surface area contributed by atoms with Crippen molar-refractivity contribution < 1.29 is 17.6 Å². The maximum Gasteiger partial charge on any atom is 0.281 e. The summed E-state index contributed by atoms with van der Waals surface area (Å²) in [4.78, 5) is 3.25. The van der Waals surface area contributed by atoms with Crippen molar-refractivity contribution in [3.8, 4) is 12.1 Å². The highest BCUT2D eigenvalue weighted by Crippen LogP contribution is 2.41. The molecule has 126 valence electrons. The molecule has 2 atom stereocenters. The van der Waals surface area contributed by atoms with Gasteiger partial charge in [0.15, 0.2) is 0 Å². The van der Waals surface area contributed by atoms with Crippen molar-refractivity contribution >= 4 is 16.6 Å². The minimum atomic E-state index is -3.21. The first-order chi connectivity index (χ1) is 12.0. The number of allylic oxidation sites excluding steroid dienone is 2. The highest BCUT2D eigenvalue weighted by atomic mass is 19.3. The molecule has 0 radical (unpaired) electrons. The van der Waals surface area contributed by atoms with E-state index in [-0.39, 0.29) is 0 Å². The van der Waals surface area contributed by atoms with Crippen molar-refractivity contribution in [1.82, 2.24) is 10.2 Å². The third-order valence-corrected chi connectivity index (χ3v) is 4.00. The van der Waals surface area contributed by atoms with Crippen LogP contribution in [0.3, 0.4) is 0 Å². The van der Waals surface area contributed by atoms with Gasteiger partial charge in [0.2, 0.25) is 0 Å². The van der Waals surface area contributed by atoms with E-state index in [9.17, 15) is 28.1 Å². The van der Waals surface area contributed by atoms with Gasteiger partial charge in [0, 0.05) is 11.3 Å². The molecule has 1 N–H and O–H groups in total. The molecule has 2 unspecified atom stereocenters. The third kappa shape index (κ3) is 2.74. The molecule has 2 heterocycles. The highest BCUT2D eigenvalue weighted by molar-refractivity contribution is 5.95. The van der Waals surface area contributed by atoms with E-state index in [0.29, 0.717) is 16.5 Å². The van der Waals surface area contributed by atoms with E-state index >= 15 is 0 Å². The maximum absolute atomic E-state index is 13.3. The van der Waals surface area contributed by atoms with E-state index in [1.807, 2.05) is 0 Å². The van der Waals surface area contributed by atoms with Gasteiger partial charge < -0.3 is 0 Å². The zero-order valence-corrected chi connectivity index (χ0v) is 12.4. The molecule has 25 heavy (non-hydrogen) atoms. The van der Waals surface area contributed by atoms with Crippen molar-refractivity contribution in [2.45, 2.75) is 18.8 Å².